The van der Waals surface area contributed by atoms with Crippen molar-refractivity contribution in [1.29, 1.82) is 0 Å². The Bertz CT molecular complexity index is 1620. The Hall–Kier alpha value is -4.39. The van der Waals surface area contributed by atoms with Crippen LogP contribution in [0.3, 0.4) is 0 Å². The SMILES string of the molecule is Cc1cc(-c2ccn3c(-c4ccc(CC(=O)Nc5cc(C(C)(C)C)ccn5)c(F)c4)cnc3c2)ccn1. The number of amides is 1. The molecule has 0 saturated heterocycles. The van der Waals surface area contributed by atoms with E-state index in [1.165, 1.54) is 6.07 Å². The van der Waals surface area contributed by atoms with Gasteiger partial charge >= 0.3 is 0 Å². The van der Waals surface area contributed by atoms with E-state index in [2.05, 4.69) is 41.0 Å². The molecule has 0 radical (unpaired) electrons. The topological polar surface area (TPSA) is 72.2 Å². The third-order valence-electron chi connectivity index (χ3n) is 6.34. The molecule has 1 N–H and O–H groups in total. The number of hydrogen-bond donors (Lipinski definition) is 1. The first-order chi connectivity index (χ1) is 17.7. The van der Waals surface area contributed by atoms with Gasteiger partial charge in [-0.3, -0.25) is 14.2 Å². The Labute approximate surface area is 215 Å². The van der Waals surface area contributed by atoms with Crippen molar-refractivity contribution in [3.05, 3.63) is 102 Å². The lowest BCUT2D eigenvalue weighted by molar-refractivity contribution is -0.115. The molecular weight excluding hydrogens is 465 g/mol. The summed E-state index contributed by atoms with van der Waals surface area (Å²) in [6.45, 7) is 8.24. The Morgan fingerprint density at radius 1 is 0.919 bits per heavy atom. The molecule has 4 aromatic heterocycles. The zero-order valence-electron chi connectivity index (χ0n) is 21.3. The number of anilines is 1. The Kier molecular flexibility index (Phi) is 6.29. The number of fused-ring (bicyclic) bond motifs is 1. The molecule has 0 unspecified atom stereocenters. The first-order valence-electron chi connectivity index (χ1n) is 12.1. The number of pyridine rings is 3. The number of carbonyl (C=O) groups excluding carboxylic acids is 1. The summed E-state index contributed by atoms with van der Waals surface area (Å²) >= 11 is 0. The Balaban J connectivity index is 1.34. The molecule has 0 saturated carbocycles. The van der Waals surface area contributed by atoms with E-state index in [1.54, 1.807) is 24.7 Å². The number of nitrogens with one attached hydrogen (secondary N) is 1. The average molecular weight is 494 g/mol. The molecule has 186 valence electrons. The minimum absolute atomic E-state index is 0.0676. The van der Waals surface area contributed by atoms with E-state index < -0.39 is 5.82 Å². The zero-order valence-corrected chi connectivity index (χ0v) is 21.3. The highest BCUT2D eigenvalue weighted by atomic mass is 19.1. The lowest BCUT2D eigenvalue weighted by atomic mass is 9.88. The third-order valence-corrected chi connectivity index (χ3v) is 6.34. The predicted octanol–water partition coefficient (Wildman–Crippen LogP) is 6.38. The molecule has 1 aromatic carbocycles. The van der Waals surface area contributed by atoms with Gasteiger partial charge in [-0.05, 0) is 77.1 Å². The molecule has 5 aromatic rings. The van der Waals surface area contributed by atoms with Crippen molar-refractivity contribution in [2.24, 2.45) is 0 Å². The van der Waals surface area contributed by atoms with Crippen molar-refractivity contribution in [3.8, 4) is 22.4 Å². The van der Waals surface area contributed by atoms with Crippen molar-refractivity contribution in [1.82, 2.24) is 19.4 Å². The molecule has 0 aliphatic rings. The number of aryl methyl sites for hydroxylation is 1. The van der Waals surface area contributed by atoms with Gasteiger partial charge in [0.1, 0.15) is 17.3 Å². The van der Waals surface area contributed by atoms with E-state index in [0.717, 1.165) is 33.7 Å². The number of aromatic nitrogens is 4. The van der Waals surface area contributed by atoms with Crippen LogP contribution in [0.4, 0.5) is 10.2 Å². The predicted molar refractivity (Wildman–Crippen MR) is 144 cm³/mol. The quantitative estimate of drug-likeness (QED) is 0.308. The number of carbonyl (C=O) groups is 1. The highest BCUT2D eigenvalue weighted by Crippen LogP contribution is 2.27. The van der Waals surface area contributed by atoms with E-state index >= 15 is 4.39 Å². The van der Waals surface area contributed by atoms with E-state index in [0.29, 0.717) is 16.9 Å². The maximum absolute atomic E-state index is 15.1. The summed E-state index contributed by atoms with van der Waals surface area (Å²) in [7, 11) is 0. The van der Waals surface area contributed by atoms with Gasteiger partial charge in [0.15, 0.2) is 0 Å². The number of rotatable bonds is 5. The molecule has 0 atom stereocenters. The van der Waals surface area contributed by atoms with Gasteiger partial charge in [0.25, 0.3) is 0 Å². The van der Waals surface area contributed by atoms with Crippen LogP contribution in [0.25, 0.3) is 28.0 Å². The smallest absolute Gasteiger partial charge is 0.230 e. The van der Waals surface area contributed by atoms with E-state index in [1.807, 2.05) is 60.0 Å². The lowest BCUT2D eigenvalue weighted by Crippen LogP contribution is -2.17. The van der Waals surface area contributed by atoms with Gasteiger partial charge in [-0.15, -0.1) is 0 Å². The second-order valence-electron chi connectivity index (χ2n) is 10.2. The van der Waals surface area contributed by atoms with Gasteiger partial charge in [-0.1, -0.05) is 32.9 Å². The lowest BCUT2D eigenvalue weighted by Gasteiger charge is -2.19. The molecule has 1 amide bonds. The van der Waals surface area contributed by atoms with Gasteiger partial charge in [-0.2, -0.15) is 0 Å². The maximum atomic E-state index is 15.1. The van der Waals surface area contributed by atoms with Crippen LogP contribution >= 0.6 is 0 Å². The summed E-state index contributed by atoms with van der Waals surface area (Å²) in [6, 6.07) is 16.7. The molecule has 37 heavy (non-hydrogen) atoms. The highest BCUT2D eigenvalue weighted by molar-refractivity contribution is 5.91. The molecule has 0 bridgehead atoms. The summed E-state index contributed by atoms with van der Waals surface area (Å²) < 4.78 is 17.0. The molecule has 5 rings (SSSR count). The normalized spacial score (nSPS) is 11.6. The van der Waals surface area contributed by atoms with Gasteiger partial charge in [0, 0.05) is 29.8 Å². The number of halogens is 1. The highest BCUT2D eigenvalue weighted by Gasteiger charge is 2.16. The van der Waals surface area contributed by atoms with Crippen LogP contribution in [-0.2, 0) is 16.6 Å². The number of nitrogens with zero attached hydrogens (tertiary/aromatic N) is 4. The summed E-state index contributed by atoms with van der Waals surface area (Å²) in [4.78, 5) is 25.6. The second-order valence-corrected chi connectivity index (χ2v) is 10.2. The minimum Gasteiger partial charge on any atom is -0.310 e. The van der Waals surface area contributed by atoms with Gasteiger partial charge in [0.2, 0.25) is 5.91 Å². The number of imidazole rings is 1. The summed E-state index contributed by atoms with van der Waals surface area (Å²) in [5, 5.41) is 2.78. The molecule has 0 fully saturated rings. The van der Waals surface area contributed by atoms with E-state index in [4.69, 9.17) is 0 Å². The fourth-order valence-corrected chi connectivity index (χ4v) is 4.27. The van der Waals surface area contributed by atoms with Crippen molar-refractivity contribution < 1.29 is 9.18 Å². The fraction of sp³-hybridized carbons (Fsp3) is 0.200. The van der Waals surface area contributed by atoms with Gasteiger partial charge < -0.3 is 5.32 Å². The molecule has 0 spiro atoms. The third kappa shape index (κ3) is 5.26. The first-order valence-corrected chi connectivity index (χ1v) is 12.1. The summed E-state index contributed by atoms with van der Waals surface area (Å²) in [5.74, 6) is -0.303. The Morgan fingerprint density at radius 2 is 1.70 bits per heavy atom. The van der Waals surface area contributed by atoms with Crippen LogP contribution in [0.5, 0.6) is 0 Å². The standard InChI is InChI=1S/C30H28FN5O/c1-19-13-20(7-10-32-19)21-9-12-36-26(18-34-28(36)15-21)23-6-5-22(25(31)14-23)16-29(37)35-27-17-24(8-11-33-27)30(2,3)4/h5-15,17-18H,16H2,1-4H3,(H,33,35,37). The van der Waals surface area contributed by atoms with Crippen molar-refractivity contribution in [2.45, 2.75) is 39.5 Å². The maximum Gasteiger partial charge on any atom is 0.230 e. The Morgan fingerprint density at radius 3 is 2.46 bits per heavy atom. The van der Waals surface area contributed by atoms with Crippen LogP contribution in [0, 0.1) is 12.7 Å². The molecule has 4 heterocycles. The van der Waals surface area contributed by atoms with E-state index in [-0.39, 0.29) is 17.7 Å². The van der Waals surface area contributed by atoms with Crippen LogP contribution < -0.4 is 5.32 Å². The summed E-state index contributed by atoms with van der Waals surface area (Å²) in [6.07, 6.45) is 7.03. The molecule has 7 heteroatoms. The van der Waals surface area contributed by atoms with Crippen LogP contribution in [0.1, 0.15) is 37.6 Å². The summed E-state index contributed by atoms with van der Waals surface area (Å²) in [5.41, 5.74) is 6.56. The van der Waals surface area contributed by atoms with Gasteiger partial charge in [0.05, 0.1) is 18.3 Å². The molecular formula is C30H28FN5O. The first kappa shape index (κ1) is 24.3. The largest absolute Gasteiger partial charge is 0.310 e. The molecule has 0 aliphatic heterocycles. The van der Waals surface area contributed by atoms with Crippen molar-refractivity contribution in [3.63, 3.8) is 0 Å². The van der Waals surface area contributed by atoms with Crippen molar-refractivity contribution in [2.75, 3.05) is 5.32 Å². The number of hydrogen-bond acceptors (Lipinski definition) is 4. The van der Waals surface area contributed by atoms with Crippen LogP contribution in [-0.4, -0.2) is 25.3 Å². The van der Waals surface area contributed by atoms with Gasteiger partial charge in [-0.25, -0.2) is 14.4 Å². The zero-order chi connectivity index (χ0) is 26.2. The molecule has 6 nitrogen and oxygen atoms in total. The monoisotopic (exact) mass is 493 g/mol. The van der Waals surface area contributed by atoms with Crippen molar-refractivity contribution >= 4 is 17.4 Å². The second kappa shape index (κ2) is 9.58. The van der Waals surface area contributed by atoms with E-state index in [9.17, 15) is 4.79 Å². The van der Waals surface area contributed by atoms with Crippen LogP contribution in [0.2, 0.25) is 0 Å². The fourth-order valence-electron chi connectivity index (χ4n) is 4.27. The molecule has 0 aliphatic carbocycles. The number of benzene rings is 1. The van der Waals surface area contributed by atoms with Crippen LogP contribution in [0.15, 0.2) is 79.4 Å². The minimum atomic E-state index is -0.442. The average Bonchev–Trinajstić information content (AvgIpc) is 3.28.